The van der Waals surface area contributed by atoms with Crippen molar-refractivity contribution in [2.75, 3.05) is 58.7 Å². The molecule has 1 N–H and O–H groups in total. The van der Waals surface area contributed by atoms with Crippen molar-refractivity contribution in [1.82, 2.24) is 14.7 Å². The first-order chi connectivity index (χ1) is 11.9. The molecule has 0 atom stereocenters. The molecule has 1 aromatic rings. The van der Waals surface area contributed by atoms with Crippen LogP contribution in [0.2, 0.25) is 0 Å². The number of nitrogens with zero attached hydrogens (tertiary/aromatic N) is 3. The second-order valence-electron chi connectivity index (χ2n) is 6.99. The van der Waals surface area contributed by atoms with Crippen LogP contribution in [0.4, 0.5) is 5.69 Å². The summed E-state index contributed by atoms with van der Waals surface area (Å²) in [6, 6.07) is 5.95. The van der Waals surface area contributed by atoms with E-state index >= 15 is 0 Å². The highest BCUT2D eigenvalue weighted by Gasteiger charge is 2.19. The van der Waals surface area contributed by atoms with Crippen molar-refractivity contribution in [3.05, 3.63) is 29.3 Å². The van der Waals surface area contributed by atoms with E-state index in [-0.39, 0.29) is 11.8 Å². The zero-order valence-corrected chi connectivity index (χ0v) is 15.8. The molecular weight excluding hydrogens is 316 g/mol. The van der Waals surface area contributed by atoms with Crippen LogP contribution in [0.15, 0.2) is 18.2 Å². The molecule has 0 bridgehead atoms. The second-order valence-corrected chi connectivity index (χ2v) is 6.99. The molecule has 1 heterocycles. The van der Waals surface area contributed by atoms with Crippen LogP contribution >= 0.6 is 0 Å². The van der Waals surface area contributed by atoms with E-state index in [2.05, 4.69) is 15.1 Å². The van der Waals surface area contributed by atoms with E-state index in [1.54, 1.807) is 19.0 Å². The fourth-order valence-corrected chi connectivity index (χ4v) is 2.95. The van der Waals surface area contributed by atoms with Gasteiger partial charge in [-0.1, -0.05) is 12.1 Å². The number of rotatable bonds is 5. The summed E-state index contributed by atoms with van der Waals surface area (Å²) in [5.41, 5.74) is 3.17. The molecule has 6 nitrogen and oxygen atoms in total. The van der Waals surface area contributed by atoms with Gasteiger partial charge in [-0.15, -0.1) is 0 Å². The molecule has 0 radical (unpaired) electrons. The Kier molecular flexibility index (Phi) is 6.96. The first kappa shape index (κ1) is 19.4. The maximum Gasteiger partial charge on any atom is 0.238 e. The lowest BCUT2D eigenvalue weighted by Crippen LogP contribution is -2.39. The SMILES string of the molecule is Cc1cccc(NC(=O)CN2CCCN(CC(=O)N(C)C)CC2)c1C. The topological polar surface area (TPSA) is 55.9 Å². The molecule has 2 amide bonds. The van der Waals surface area contributed by atoms with Crippen molar-refractivity contribution in [2.45, 2.75) is 20.3 Å². The molecule has 1 aromatic carbocycles. The predicted octanol–water partition coefficient (Wildman–Crippen LogP) is 1.34. The van der Waals surface area contributed by atoms with Crippen molar-refractivity contribution >= 4 is 17.5 Å². The fourth-order valence-electron chi connectivity index (χ4n) is 2.95. The Morgan fingerprint density at radius 3 is 2.32 bits per heavy atom. The number of amides is 2. The standard InChI is InChI=1S/C19H30N4O2/c1-15-7-5-8-17(16(15)2)20-18(24)13-22-9-6-10-23(12-11-22)14-19(25)21(3)4/h5,7-8H,6,9-14H2,1-4H3,(H,20,24). The maximum absolute atomic E-state index is 12.4. The smallest absolute Gasteiger partial charge is 0.238 e. The first-order valence-electron chi connectivity index (χ1n) is 8.87. The van der Waals surface area contributed by atoms with E-state index < -0.39 is 0 Å². The Morgan fingerprint density at radius 1 is 1.04 bits per heavy atom. The summed E-state index contributed by atoms with van der Waals surface area (Å²) in [5, 5.41) is 3.02. The lowest BCUT2D eigenvalue weighted by atomic mass is 10.1. The average Bonchev–Trinajstić information content (AvgIpc) is 2.77. The molecular formula is C19H30N4O2. The van der Waals surface area contributed by atoms with Gasteiger partial charge in [0.2, 0.25) is 11.8 Å². The number of hydrogen-bond acceptors (Lipinski definition) is 4. The molecule has 1 saturated heterocycles. The van der Waals surface area contributed by atoms with Gasteiger partial charge in [-0.3, -0.25) is 19.4 Å². The minimum absolute atomic E-state index is 0.0199. The van der Waals surface area contributed by atoms with Crippen LogP contribution in [0.25, 0.3) is 0 Å². The van der Waals surface area contributed by atoms with E-state index in [0.717, 1.165) is 43.9 Å². The molecule has 0 aromatic heterocycles. The summed E-state index contributed by atoms with van der Waals surface area (Å²) in [5.74, 6) is 0.146. The Morgan fingerprint density at radius 2 is 1.68 bits per heavy atom. The van der Waals surface area contributed by atoms with Gasteiger partial charge in [-0.05, 0) is 50.6 Å². The Bertz CT molecular complexity index is 615. The lowest BCUT2D eigenvalue weighted by Gasteiger charge is -2.22. The van der Waals surface area contributed by atoms with Crippen LogP contribution in [-0.2, 0) is 9.59 Å². The van der Waals surface area contributed by atoms with Crippen LogP contribution < -0.4 is 5.32 Å². The zero-order valence-electron chi connectivity index (χ0n) is 15.8. The molecule has 25 heavy (non-hydrogen) atoms. The van der Waals surface area contributed by atoms with Crippen molar-refractivity contribution in [3.8, 4) is 0 Å². The lowest BCUT2D eigenvalue weighted by molar-refractivity contribution is -0.129. The maximum atomic E-state index is 12.4. The largest absolute Gasteiger partial charge is 0.348 e. The summed E-state index contributed by atoms with van der Waals surface area (Å²) in [6.07, 6.45) is 0.970. The zero-order chi connectivity index (χ0) is 18.4. The van der Waals surface area contributed by atoms with Gasteiger partial charge < -0.3 is 10.2 Å². The third-order valence-corrected chi connectivity index (χ3v) is 4.78. The third-order valence-electron chi connectivity index (χ3n) is 4.78. The van der Waals surface area contributed by atoms with Gasteiger partial charge in [-0.25, -0.2) is 0 Å². The number of hydrogen-bond donors (Lipinski definition) is 1. The van der Waals surface area contributed by atoms with Gasteiger partial charge in [-0.2, -0.15) is 0 Å². The fraction of sp³-hybridized carbons (Fsp3) is 0.579. The Balaban J connectivity index is 1.83. The average molecular weight is 346 g/mol. The molecule has 1 aliphatic rings. The van der Waals surface area contributed by atoms with E-state index in [4.69, 9.17) is 0 Å². The van der Waals surface area contributed by atoms with Gasteiger partial charge in [0.25, 0.3) is 0 Å². The number of aryl methyl sites for hydroxylation is 1. The van der Waals surface area contributed by atoms with Crippen LogP contribution in [0, 0.1) is 13.8 Å². The summed E-state index contributed by atoms with van der Waals surface area (Å²) >= 11 is 0. The van der Waals surface area contributed by atoms with Crippen molar-refractivity contribution in [2.24, 2.45) is 0 Å². The molecule has 0 aliphatic carbocycles. The summed E-state index contributed by atoms with van der Waals surface area (Å²) < 4.78 is 0. The van der Waals surface area contributed by atoms with Gasteiger partial charge >= 0.3 is 0 Å². The first-order valence-corrected chi connectivity index (χ1v) is 8.87. The number of likely N-dealkylation sites (N-methyl/N-ethyl adjacent to an activating group) is 1. The van der Waals surface area contributed by atoms with E-state index in [0.29, 0.717) is 13.1 Å². The molecule has 1 fully saturated rings. The van der Waals surface area contributed by atoms with Crippen LogP contribution in [0.5, 0.6) is 0 Å². The molecule has 6 heteroatoms. The highest BCUT2D eigenvalue weighted by Crippen LogP contribution is 2.17. The minimum Gasteiger partial charge on any atom is -0.348 e. The van der Waals surface area contributed by atoms with Crippen LogP contribution in [-0.4, -0.2) is 79.9 Å². The monoisotopic (exact) mass is 346 g/mol. The molecule has 1 aliphatic heterocycles. The predicted molar refractivity (Wildman–Crippen MR) is 101 cm³/mol. The van der Waals surface area contributed by atoms with Gasteiger partial charge in [0.05, 0.1) is 13.1 Å². The summed E-state index contributed by atoms with van der Waals surface area (Å²) in [7, 11) is 3.56. The number of carbonyl (C=O) groups is 2. The molecule has 0 spiro atoms. The summed E-state index contributed by atoms with van der Waals surface area (Å²) in [6.45, 7) is 8.32. The van der Waals surface area contributed by atoms with Crippen molar-refractivity contribution in [3.63, 3.8) is 0 Å². The van der Waals surface area contributed by atoms with Crippen LogP contribution in [0.1, 0.15) is 17.5 Å². The normalized spacial score (nSPS) is 16.3. The summed E-state index contributed by atoms with van der Waals surface area (Å²) in [4.78, 5) is 30.2. The third kappa shape index (κ3) is 5.83. The van der Waals surface area contributed by atoms with Crippen LogP contribution in [0.3, 0.4) is 0 Å². The number of benzene rings is 1. The Labute approximate surface area is 150 Å². The van der Waals surface area contributed by atoms with Crippen molar-refractivity contribution < 1.29 is 9.59 Å². The Hall–Kier alpha value is -1.92. The van der Waals surface area contributed by atoms with Crippen molar-refractivity contribution in [1.29, 1.82) is 0 Å². The van der Waals surface area contributed by atoms with E-state index in [9.17, 15) is 9.59 Å². The van der Waals surface area contributed by atoms with E-state index in [1.807, 2.05) is 32.0 Å². The quantitative estimate of drug-likeness (QED) is 0.874. The highest BCUT2D eigenvalue weighted by atomic mass is 16.2. The molecule has 138 valence electrons. The van der Waals surface area contributed by atoms with Gasteiger partial charge in [0.1, 0.15) is 0 Å². The highest BCUT2D eigenvalue weighted by molar-refractivity contribution is 5.93. The number of nitrogens with one attached hydrogen (secondary N) is 1. The second kappa shape index (κ2) is 8.97. The number of anilines is 1. The molecule has 0 unspecified atom stereocenters. The minimum atomic E-state index is 0.0199. The van der Waals surface area contributed by atoms with E-state index in [1.165, 1.54) is 5.56 Å². The number of carbonyl (C=O) groups excluding carboxylic acids is 2. The molecule has 0 saturated carbocycles. The molecule has 2 rings (SSSR count). The van der Waals surface area contributed by atoms with Gasteiger partial charge in [0.15, 0.2) is 0 Å². The van der Waals surface area contributed by atoms with Gasteiger partial charge in [0, 0.05) is 32.9 Å².